The van der Waals surface area contributed by atoms with E-state index < -0.39 is 10.9 Å². The second-order valence-electron chi connectivity index (χ2n) is 5.75. The Hall–Kier alpha value is -3.62. The van der Waals surface area contributed by atoms with E-state index in [2.05, 4.69) is 15.1 Å². The molecule has 9 nitrogen and oxygen atoms in total. The van der Waals surface area contributed by atoms with Crippen LogP contribution in [0.4, 0.5) is 5.69 Å². The van der Waals surface area contributed by atoms with Crippen molar-refractivity contribution in [1.82, 2.24) is 15.1 Å². The number of nitro groups is 1. The first-order chi connectivity index (χ1) is 13.0. The van der Waals surface area contributed by atoms with Gasteiger partial charge in [-0.1, -0.05) is 5.16 Å². The van der Waals surface area contributed by atoms with Crippen LogP contribution in [0.5, 0.6) is 0 Å². The molecule has 27 heavy (non-hydrogen) atoms. The molecule has 2 aromatic heterocycles. The lowest BCUT2D eigenvalue weighted by atomic mass is 10.1. The number of hydrogen-bond acceptors (Lipinski definition) is 8. The smallest absolute Gasteiger partial charge is 0.338 e. The van der Waals surface area contributed by atoms with Crippen LogP contribution in [0.2, 0.25) is 0 Å². The molecule has 0 aliphatic heterocycles. The van der Waals surface area contributed by atoms with Gasteiger partial charge in [-0.25, -0.2) is 4.79 Å². The summed E-state index contributed by atoms with van der Waals surface area (Å²) in [5.74, 6) is 0.363. The van der Waals surface area contributed by atoms with Crippen molar-refractivity contribution in [3.63, 3.8) is 0 Å². The molecule has 0 radical (unpaired) electrons. The molecule has 0 aliphatic rings. The molecule has 1 aromatic carbocycles. The van der Waals surface area contributed by atoms with Gasteiger partial charge in [0.15, 0.2) is 0 Å². The minimum Gasteiger partial charge on any atom is -0.462 e. The van der Waals surface area contributed by atoms with Gasteiger partial charge in [0.25, 0.3) is 5.69 Å². The van der Waals surface area contributed by atoms with E-state index in [1.807, 2.05) is 6.07 Å². The fourth-order valence-electron chi connectivity index (χ4n) is 2.43. The predicted octanol–water partition coefficient (Wildman–Crippen LogP) is 3.14. The van der Waals surface area contributed by atoms with Crippen molar-refractivity contribution < 1.29 is 19.0 Å². The van der Waals surface area contributed by atoms with Gasteiger partial charge in [0.2, 0.25) is 11.7 Å². The van der Waals surface area contributed by atoms with E-state index >= 15 is 0 Å². The number of aryl methyl sites for hydroxylation is 2. The van der Waals surface area contributed by atoms with Gasteiger partial charge in [-0.15, -0.1) is 0 Å². The van der Waals surface area contributed by atoms with Gasteiger partial charge < -0.3 is 9.26 Å². The van der Waals surface area contributed by atoms with E-state index in [0.717, 1.165) is 5.56 Å². The highest BCUT2D eigenvalue weighted by Crippen LogP contribution is 2.19. The Morgan fingerprint density at radius 1 is 1.33 bits per heavy atom. The third kappa shape index (κ3) is 4.51. The number of nitrogens with zero attached hydrogens (tertiary/aromatic N) is 4. The summed E-state index contributed by atoms with van der Waals surface area (Å²) in [4.78, 5) is 30.6. The predicted molar refractivity (Wildman–Crippen MR) is 94.0 cm³/mol. The second kappa shape index (κ2) is 8.17. The summed E-state index contributed by atoms with van der Waals surface area (Å²) >= 11 is 0. The van der Waals surface area contributed by atoms with Crippen LogP contribution in [-0.4, -0.2) is 32.6 Å². The molecule has 0 saturated heterocycles. The molecule has 0 amide bonds. The molecule has 0 spiro atoms. The van der Waals surface area contributed by atoms with Gasteiger partial charge in [0, 0.05) is 36.0 Å². The van der Waals surface area contributed by atoms with Crippen LogP contribution in [0, 0.1) is 17.0 Å². The molecule has 0 N–H and O–H groups in total. The first-order valence-corrected chi connectivity index (χ1v) is 8.20. The number of aromatic nitrogens is 3. The summed E-state index contributed by atoms with van der Waals surface area (Å²) < 4.78 is 10.4. The van der Waals surface area contributed by atoms with Crippen LogP contribution in [0.1, 0.15) is 28.2 Å². The Morgan fingerprint density at radius 2 is 2.19 bits per heavy atom. The summed E-state index contributed by atoms with van der Waals surface area (Å²) in [6.45, 7) is 1.74. The first kappa shape index (κ1) is 18.2. The molecule has 3 rings (SSSR count). The zero-order valence-corrected chi connectivity index (χ0v) is 14.5. The van der Waals surface area contributed by atoms with Crippen LogP contribution >= 0.6 is 0 Å². The third-order valence-electron chi connectivity index (χ3n) is 3.79. The van der Waals surface area contributed by atoms with Crippen molar-refractivity contribution in [2.75, 3.05) is 6.61 Å². The number of nitro benzene ring substituents is 1. The van der Waals surface area contributed by atoms with Crippen LogP contribution < -0.4 is 0 Å². The monoisotopic (exact) mass is 368 g/mol. The maximum Gasteiger partial charge on any atom is 0.338 e. The van der Waals surface area contributed by atoms with Crippen LogP contribution in [-0.2, 0) is 11.2 Å². The topological polar surface area (TPSA) is 121 Å². The lowest BCUT2D eigenvalue weighted by Crippen LogP contribution is -2.08. The summed E-state index contributed by atoms with van der Waals surface area (Å²) in [6.07, 6.45) is 4.26. The van der Waals surface area contributed by atoms with Gasteiger partial charge in [0.1, 0.15) is 0 Å². The summed E-state index contributed by atoms with van der Waals surface area (Å²) in [5.41, 5.74) is 1.40. The normalized spacial score (nSPS) is 10.6. The maximum atomic E-state index is 12.0. The molecular weight excluding hydrogens is 352 g/mol. The van der Waals surface area contributed by atoms with Gasteiger partial charge in [-0.3, -0.25) is 15.1 Å². The summed E-state index contributed by atoms with van der Waals surface area (Å²) in [5, 5.41) is 14.7. The standard InChI is InChI=1S/C18H16N4O5/c1-12-10-13(6-7-15(12)22(24)25)18(23)26-9-3-5-16-20-17(21-27-16)14-4-2-8-19-11-14/h2,4,6-8,10-11H,3,5,9H2,1H3. The van der Waals surface area contributed by atoms with Gasteiger partial charge >= 0.3 is 5.97 Å². The average Bonchev–Trinajstić information content (AvgIpc) is 3.14. The quantitative estimate of drug-likeness (QED) is 0.270. The van der Waals surface area contributed by atoms with Crippen molar-refractivity contribution in [3.8, 4) is 11.4 Å². The zero-order chi connectivity index (χ0) is 19.2. The largest absolute Gasteiger partial charge is 0.462 e. The molecule has 0 atom stereocenters. The van der Waals surface area contributed by atoms with E-state index in [-0.39, 0.29) is 17.9 Å². The van der Waals surface area contributed by atoms with E-state index in [1.54, 1.807) is 25.4 Å². The van der Waals surface area contributed by atoms with Gasteiger partial charge in [-0.2, -0.15) is 4.98 Å². The number of ether oxygens (including phenoxy) is 1. The minimum absolute atomic E-state index is 0.0348. The highest BCUT2D eigenvalue weighted by Gasteiger charge is 2.15. The van der Waals surface area contributed by atoms with Gasteiger partial charge in [-0.05, 0) is 37.6 Å². The minimum atomic E-state index is -0.533. The van der Waals surface area contributed by atoms with Crippen molar-refractivity contribution in [3.05, 3.63) is 69.9 Å². The molecule has 0 saturated carbocycles. The fourth-order valence-corrected chi connectivity index (χ4v) is 2.43. The molecule has 0 unspecified atom stereocenters. The molecule has 0 bridgehead atoms. The number of pyridine rings is 1. The van der Waals surface area contributed by atoms with E-state index in [9.17, 15) is 14.9 Å². The molecule has 9 heteroatoms. The molecule has 0 fully saturated rings. The highest BCUT2D eigenvalue weighted by molar-refractivity contribution is 5.90. The fraction of sp³-hybridized carbons (Fsp3) is 0.222. The molecular formula is C18H16N4O5. The van der Waals surface area contributed by atoms with Crippen LogP contribution in [0.25, 0.3) is 11.4 Å². The summed E-state index contributed by atoms with van der Waals surface area (Å²) in [6, 6.07) is 7.73. The Morgan fingerprint density at radius 3 is 2.89 bits per heavy atom. The Balaban J connectivity index is 1.49. The summed E-state index contributed by atoms with van der Waals surface area (Å²) in [7, 11) is 0. The first-order valence-electron chi connectivity index (χ1n) is 8.20. The number of carbonyl (C=O) groups is 1. The van der Waals surface area contributed by atoms with Crippen LogP contribution in [0.15, 0.2) is 47.2 Å². The second-order valence-corrected chi connectivity index (χ2v) is 5.75. The van der Waals surface area contributed by atoms with E-state index in [1.165, 1.54) is 18.2 Å². The number of esters is 1. The number of benzene rings is 1. The van der Waals surface area contributed by atoms with Gasteiger partial charge in [0.05, 0.1) is 17.1 Å². The number of hydrogen-bond donors (Lipinski definition) is 0. The molecule has 3 aromatic rings. The molecule has 2 heterocycles. The Labute approximate surface area is 154 Å². The average molecular weight is 368 g/mol. The zero-order valence-electron chi connectivity index (χ0n) is 14.5. The third-order valence-corrected chi connectivity index (χ3v) is 3.79. The number of rotatable bonds is 7. The lowest BCUT2D eigenvalue weighted by Gasteiger charge is -2.05. The number of carbonyl (C=O) groups excluding carboxylic acids is 1. The SMILES string of the molecule is Cc1cc(C(=O)OCCCc2nc(-c3cccnc3)no2)ccc1[N+](=O)[O-]. The van der Waals surface area contributed by atoms with E-state index in [4.69, 9.17) is 9.26 Å². The Bertz CT molecular complexity index is 955. The highest BCUT2D eigenvalue weighted by atomic mass is 16.6. The van der Waals surface area contributed by atoms with Crippen molar-refractivity contribution in [1.29, 1.82) is 0 Å². The van der Waals surface area contributed by atoms with Crippen molar-refractivity contribution >= 4 is 11.7 Å². The molecule has 0 aliphatic carbocycles. The van der Waals surface area contributed by atoms with Crippen molar-refractivity contribution in [2.24, 2.45) is 0 Å². The van der Waals surface area contributed by atoms with E-state index in [0.29, 0.717) is 30.1 Å². The maximum absolute atomic E-state index is 12.0. The van der Waals surface area contributed by atoms with Crippen LogP contribution in [0.3, 0.4) is 0 Å². The Kier molecular flexibility index (Phi) is 5.50. The van der Waals surface area contributed by atoms with Crippen molar-refractivity contribution in [2.45, 2.75) is 19.8 Å². The molecule has 138 valence electrons. The lowest BCUT2D eigenvalue weighted by molar-refractivity contribution is -0.385.